The molecule has 0 saturated carbocycles. The van der Waals surface area contributed by atoms with Crippen LogP contribution in [0.5, 0.6) is 0 Å². The van der Waals surface area contributed by atoms with Gasteiger partial charge in [-0.1, -0.05) is 0 Å². The van der Waals surface area contributed by atoms with Gasteiger partial charge in [-0.2, -0.15) is 26.3 Å². The number of hydrogen-bond acceptors (Lipinski definition) is 0. The second-order valence-corrected chi connectivity index (χ2v) is 2.55. The Morgan fingerprint density at radius 2 is 1.45 bits per heavy atom. The van der Waals surface area contributed by atoms with Gasteiger partial charge in [0, 0.05) is 0 Å². The summed E-state index contributed by atoms with van der Waals surface area (Å²) in [7, 11) is 0. The van der Waals surface area contributed by atoms with Gasteiger partial charge < -0.3 is 0 Å². The molecule has 0 fully saturated rings. The molecule has 11 heavy (non-hydrogen) atoms. The van der Waals surface area contributed by atoms with Gasteiger partial charge in [-0.3, -0.25) is 0 Å². The molecule has 0 atom stereocenters. The fourth-order valence-electron chi connectivity index (χ4n) is 0.219. The molecular weight excluding hydrogens is 242 g/mol. The summed E-state index contributed by atoms with van der Waals surface area (Å²) in [5, 5.41) is 0. The summed E-state index contributed by atoms with van der Waals surface area (Å²) >= 11 is 1.27. The molecule has 0 rings (SSSR count). The minimum absolute atomic E-state index is 1.11. The Balaban J connectivity index is 4.61. The molecule has 0 aliphatic carbocycles. The fourth-order valence-corrected chi connectivity index (χ4v) is 0.333. The van der Waals surface area contributed by atoms with Crippen molar-refractivity contribution in [1.29, 1.82) is 0 Å². The van der Waals surface area contributed by atoms with Crippen LogP contribution >= 0.6 is 15.9 Å². The van der Waals surface area contributed by atoms with Crippen LogP contribution in [0.4, 0.5) is 26.3 Å². The topological polar surface area (TPSA) is 0 Å². The molecule has 0 aromatic carbocycles. The van der Waals surface area contributed by atoms with Gasteiger partial charge in [0.05, 0.1) is 6.08 Å². The van der Waals surface area contributed by atoms with Gasteiger partial charge in [0.2, 0.25) is 0 Å². The first-order valence-electron chi connectivity index (χ1n) is 2.15. The van der Waals surface area contributed by atoms with Crippen LogP contribution in [0.25, 0.3) is 0 Å². The lowest BCUT2D eigenvalue weighted by atomic mass is 10.3. The Morgan fingerprint density at radius 1 is 1.09 bits per heavy atom. The summed E-state index contributed by atoms with van der Waals surface area (Å²) in [6, 6.07) is 0. The van der Waals surface area contributed by atoms with Crippen LogP contribution < -0.4 is 0 Å². The number of allylic oxidation sites excluding steroid dienone is 1. The van der Waals surface area contributed by atoms with Crippen LogP contribution in [-0.2, 0) is 0 Å². The molecule has 0 amide bonds. The van der Waals surface area contributed by atoms with Crippen LogP contribution in [0, 0.1) is 0 Å². The highest BCUT2D eigenvalue weighted by Crippen LogP contribution is 2.41. The van der Waals surface area contributed by atoms with E-state index < -0.39 is 22.9 Å². The van der Waals surface area contributed by atoms with Crippen LogP contribution in [0.1, 0.15) is 0 Å². The Labute approximate surface area is 66.0 Å². The zero-order valence-corrected chi connectivity index (χ0v) is 6.31. The third kappa shape index (κ3) is 3.13. The summed E-state index contributed by atoms with van der Waals surface area (Å²) in [6.45, 7) is 0. The average molecular weight is 243 g/mol. The summed E-state index contributed by atoms with van der Waals surface area (Å²) in [6.07, 6.45) is -3.96. The van der Waals surface area contributed by atoms with Gasteiger partial charge in [0.1, 0.15) is 0 Å². The van der Waals surface area contributed by atoms with E-state index in [4.69, 9.17) is 0 Å². The van der Waals surface area contributed by atoms with E-state index in [1.165, 1.54) is 15.9 Å². The Morgan fingerprint density at radius 3 is 1.55 bits per heavy atom. The van der Waals surface area contributed by atoms with Gasteiger partial charge >= 0.3 is 10.8 Å². The fraction of sp³-hybridized carbons (Fsp3) is 0.500. The number of halogens is 7. The van der Waals surface area contributed by atoms with Crippen molar-refractivity contribution in [1.82, 2.24) is 0 Å². The highest BCUT2D eigenvalue weighted by Gasteiger charge is 2.53. The van der Waals surface area contributed by atoms with E-state index in [1.54, 1.807) is 0 Å². The lowest BCUT2D eigenvalue weighted by Crippen LogP contribution is -2.32. The quantitative estimate of drug-likeness (QED) is 0.515. The first kappa shape index (κ1) is 10.8. The van der Waals surface area contributed by atoms with Crippen LogP contribution in [-0.4, -0.2) is 10.8 Å². The SMILES string of the molecule is FC(F)=CC(F)(F)C(F)(F)Br. The van der Waals surface area contributed by atoms with Crippen molar-refractivity contribution in [2.45, 2.75) is 10.8 Å². The molecular formula is C4HBrF6. The zero-order valence-electron chi connectivity index (χ0n) is 4.72. The highest BCUT2D eigenvalue weighted by molar-refractivity contribution is 9.10. The van der Waals surface area contributed by atoms with E-state index >= 15 is 0 Å². The molecule has 0 aliphatic heterocycles. The second kappa shape index (κ2) is 3.04. The molecule has 7 heteroatoms. The molecule has 0 nitrogen and oxygen atoms in total. The maximum Gasteiger partial charge on any atom is 0.367 e. The predicted octanol–water partition coefficient (Wildman–Crippen LogP) is 3.39. The van der Waals surface area contributed by atoms with Crippen molar-refractivity contribution in [2.24, 2.45) is 0 Å². The Bertz CT molecular complexity index is 164. The summed E-state index contributed by atoms with van der Waals surface area (Å²) < 4.78 is 69.1. The van der Waals surface area contributed by atoms with Gasteiger partial charge in [-0.05, 0) is 15.9 Å². The van der Waals surface area contributed by atoms with Crippen molar-refractivity contribution in [2.75, 3.05) is 0 Å². The minimum atomic E-state index is -4.87. The van der Waals surface area contributed by atoms with Crippen molar-refractivity contribution in [3.8, 4) is 0 Å². The maximum absolute atomic E-state index is 11.8. The molecule has 0 unspecified atom stereocenters. The standard InChI is InChI=1S/C4HBrF6/c5-4(10,11)3(8,9)1-2(6)7/h1H. The largest absolute Gasteiger partial charge is 0.367 e. The third-order valence-corrected chi connectivity index (χ3v) is 1.20. The smallest absolute Gasteiger partial charge is 0.194 e. The van der Waals surface area contributed by atoms with Crippen molar-refractivity contribution in [3.05, 3.63) is 12.2 Å². The number of hydrogen-bond donors (Lipinski definition) is 0. The van der Waals surface area contributed by atoms with Gasteiger partial charge in [-0.25, -0.2) is 0 Å². The molecule has 66 valence electrons. The van der Waals surface area contributed by atoms with Crippen molar-refractivity contribution < 1.29 is 26.3 Å². The molecule has 0 heterocycles. The lowest BCUT2D eigenvalue weighted by molar-refractivity contribution is -0.113. The summed E-state index contributed by atoms with van der Waals surface area (Å²) in [5.41, 5.74) is 0. The van der Waals surface area contributed by atoms with Crippen LogP contribution in [0.15, 0.2) is 12.2 Å². The molecule has 0 bridgehead atoms. The minimum Gasteiger partial charge on any atom is -0.194 e. The highest BCUT2D eigenvalue weighted by atomic mass is 79.9. The van der Waals surface area contributed by atoms with Gasteiger partial charge in [-0.15, -0.1) is 0 Å². The third-order valence-electron chi connectivity index (χ3n) is 0.668. The molecule has 0 N–H and O–H groups in total. The molecule has 0 aromatic heterocycles. The average Bonchev–Trinajstić information content (AvgIpc) is 1.56. The zero-order chi connectivity index (χ0) is 9.28. The van der Waals surface area contributed by atoms with Crippen LogP contribution in [0.3, 0.4) is 0 Å². The van der Waals surface area contributed by atoms with E-state index in [1.807, 2.05) is 0 Å². The van der Waals surface area contributed by atoms with Gasteiger partial charge in [0.25, 0.3) is 6.08 Å². The van der Waals surface area contributed by atoms with Crippen LogP contribution in [0.2, 0.25) is 0 Å². The number of alkyl halides is 5. The molecule has 0 saturated heterocycles. The number of rotatable bonds is 2. The second-order valence-electron chi connectivity index (χ2n) is 1.55. The Kier molecular flexibility index (Phi) is 2.98. The Hall–Kier alpha value is -0.200. The monoisotopic (exact) mass is 242 g/mol. The normalized spacial score (nSPS) is 13.0. The van der Waals surface area contributed by atoms with E-state index in [0.29, 0.717) is 0 Å². The molecule has 0 aliphatic rings. The van der Waals surface area contributed by atoms with E-state index in [-0.39, 0.29) is 0 Å². The molecule has 0 radical (unpaired) electrons. The van der Waals surface area contributed by atoms with Crippen molar-refractivity contribution >= 4 is 15.9 Å². The lowest BCUT2D eigenvalue weighted by Gasteiger charge is -2.16. The molecule has 0 aromatic rings. The maximum atomic E-state index is 11.8. The van der Waals surface area contributed by atoms with E-state index in [0.717, 1.165) is 0 Å². The van der Waals surface area contributed by atoms with E-state index in [9.17, 15) is 26.3 Å². The van der Waals surface area contributed by atoms with Crippen molar-refractivity contribution in [3.63, 3.8) is 0 Å². The first-order chi connectivity index (χ1) is 4.67. The summed E-state index contributed by atoms with van der Waals surface area (Å²) in [5.74, 6) is -4.87. The van der Waals surface area contributed by atoms with Gasteiger partial charge in [0.15, 0.2) is 0 Å². The predicted molar refractivity (Wildman–Crippen MR) is 29.1 cm³/mol. The molecule has 0 spiro atoms. The first-order valence-corrected chi connectivity index (χ1v) is 2.94. The van der Waals surface area contributed by atoms with E-state index in [2.05, 4.69) is 0 Å². The summed E-state index contributed by atoms with van der Waals surface area (Å²) in [4.78, 5) is -4.65.